The lowest BCUT2D eigenvalue weighted by molar-refractivity contribution is -0.384. The Bertz CT molecular complexity index is 739. The molecule has 0 bridgehead atoms. The first kappa shape index (κ1) is 15.9. The fourth-order valence-corrected chi connectivity index (χ4v) is 4.13. The van der Waals surface area contributed by atoms with E-state index in [0.29, 0.717) is 20.6 Å². The molecule has 0 aromatic heterocycles. The van der Waals surface area contributed by atoms with E-state index >= 15 is 0 Å². The standard InChI is InChI=1S/C13H10BrClN2O3S/c14-11-5-9(16)2-4-13(11)21(20)7-8-1-3-10(17(18)19)6-12(8)15/h1-6H,7,16H2. The van der Waals surface area contributed by atoms with Crippen LogP contribution in [0.3, 0.4) is 0 Å². The lowest BCUT2D eigenvalue weighted by Gasteiger charge is -2.07. The number of non-ortho nitro benzene ring substituents is 1. The molecule has 0 fully saturated rings. The van der Waals surface area contributed by atoms with Gasteiger partial charge in [0.05, 0.1) is 31.4 Å². The number of nitrogens with two attached hydrogens (primary N) is 1. The smallest absolute Gasteiger partial charge is 0.270 e. The average molecular weight is 390 g/mol. The molecular weight excluding hydrogens is 380 g/mol. The Kier molecular flexibility index (Phi) is 4.97. The van der Waals surface area contributed by atoms with Gasteiger partial charge in [0.25, 0.3) is 5.69 Å². The van der Waals surface area contributed by atoms with E-state index in [1.54, 1.807) is 18.2 Å². The highest BCUT2D eigenvalue weighted by atomic mass is 79.9. The van der Waals surface area contributed by atoms with Gasteiger partial charge in [0.1, 0.15) is 0 Å². The zero-order valence-corrected chi connectivity index (χ0v) is 13.7. The quantitative estimate of drug-likeness (QED) is 0.488. The number of hydrogen-bond donors (Lipinski definition) is 1. The first-order valence-electron chi connectivity index (χ1n) is 5.74. The molecule has 2 aromatic rings. The van der Waals surface area contributed by atoms with E-state index in [0.717, 1.165) is 0 Å². The molecule has 0 heterocycles. The second-order valence-corrected chi connectivity index (χ2v) is 6.89. The van der Waals surface area contributed by atoms with Gasteiger partial charge in [-0.2, -0.15) is 0 Å². The van der Waals surface area contributed by atoms with Crippen LogP contribution in [0.5, 0.6) is 0 Å². The number of benzene rings is 2. The van der Waals surface area contributed by atoms with Crippen molar-refractivity contribution in [2.24, 2.45) is 0 Å². The highest BCUT2D eigenvalue weighted by Gasteiger charge is 2.14. The number of anilines is 1. The number of nitro groups is 1. The summed E-state index contributed by atoms with van der Waals surface area (Å²) < 4.78 is 13.0. The second kappa shape index (κ2) is 6.55. The molecule has 0 aliphatic heterocycles. The third kappa shape index (κ3) is 3.81. The van der Waals surface area contributed by atoms with Gasteiger partial charge in [0.2, 0.25) is 0 Å². The fraction of sp³-hybridized carbons (Fsp3) is 0.0769. The Balaban J connectivity index is 2.25. The maximum absolute atomic E-state index is 12.4. The SMILES string of the molecule is Nc1ccc(S(=O)Cc2ccc([N+](=O)[O-])cc2Cl)c(Br)c1. The predicted octanol–water partition coefficient (Wildman–Crippen LogP) is 3.90. The molecule has 0 radical (unpaired) electrons. The predicted molar refractivity (Wildman–Crippen MR) is 86.8 cm³/mol. The molecule has 0 amide bonds. The number of rotatable bonds is 4. The number of nitrogen functional groups attached to an aromatic ring is 1. The Morgan fingerprint density at radius 3 is 2.57 bits per heavy atom. The van der Waals surface area contributed by atoms with Gasteiger partial charge < -0.3 is 5.73 Å². The second-order valence-electron chi connectivity index (χ2n) is 4.21. The topological polar surface area (TPSA) is 86.2 Å². The van der Waals surface area contributed by atoms with Gasteiger partial charge in [-0.25, -0.2) is 0 Å². The van der Waals surface area contributed by atoms with Crippen molar-refractivity contribution in [1.82, 2.24) is 0 Å². The van der Waals surface area contributed by atoms with Crippen molar-refractivity contribution in [2.45, 2.75) is 10.6 Å². The molecule has 5 nitrogen and oxygen atoms in total. The Morgan fingerprint density at radius 2 is 2.00 bits per heavy atom. The van der Waals surface area contributed by atoms with Crippen molar-refractivity contribution in [3.05, 3.63) is 61.6 Å². The van der Waals surface area contributed by atoms with Crippen molar-refractivity contribution in [2.75, 3.05) is 5.73 Å². The van der Waals surface area contributed by atoms with Crippen LogP contribution in [0.2, 0.25) is 5.02 Å². The summed E-state index contributed by atoms with van der Waals surface area (Å²) in [6.07, 6.45) is 0. The van der Waals surface area contributed by atoms with E-state index in [9.17, 15) is 14.3 Å². The van der Waals surface area contributed by atoms with Crippen LogP contribution in [0.15, 0.2) is 45.8 Å². The van der Waals surface area contributed by atoms with Crippen molar-refractivity contribution < 1.29 is 9.13 Å². The fourth-order valence-electron chi connectivity index (χ4n) is 1.69. The minimum atomic E-state index is -1.34. The average Bonchev–Trinajstić information content (AvgIpc) is 2.40. The Labute approximate surface area is 136 Å². The molecule has 8 heteroatoms. The number of nitro benzene ring substituents is 1. The molecular formula is C13H10BrClN2O3S. The monoisotopic (exact) mass is 388 g/mol. The molecule has 0 saturated heterocycles. The van der Waals surface area contributed by atoms with Crippen LogP contribution in [0.4, 0.5) is 11.4 Å². The van der Waals surface area contributed by atoms with Crippen LogP contribution < -0.4 is 5.73 Å². The summed E-state index contributed by atoms with van der Waals surface area (Å²) in [4.78, 5) is 10.7. The maximum Gasteiger partial charge on any atom is 0.270 e. The number of nitrogens with zero attached hydrogens (tertiary/aromatic N) is 1. The third-order valence-corrected chi connectivity index (χ3v) is 5.43. The first-order valence-corrected chi connectivity index (χ1v) is 8.23. The third-order valence-electron chi connectivity index (χ3n) is 2.74. The summed E-state index contributed by atoms with van der Waals surface area (Å²) >= 11 is 9.31. The molecule has 2 N–H and O–H groups in total. The van der Waals surface area contributed by atoms with Crippen molar-refractivity contribution in [3.8, 4) is 0 Å². The molecule has 0 saturated carbocycles. The molecule has 2 aromatic carbocycles. The first-order chi connectivity index (χ1) is 9.88. The van der Waals surface area contributed by atoms with Gasteiger partial charge >= 0.3 is 0 Å². The van der Waals surface area contributed by atoms with Gasteiger partial charge in [-0.1, -0.05) is 11.6 Å². The van der Waals surface area contributed by atoms with E-state index in [2.05, 4.69) is 15.9 Å². The van der Waals surface area contributed by atoms with Gasteiger partial charge in [-0.3, -0.25) is 14.3 Å². The zero-order chi connectivity index (χ0) is 15.6. The lowest BCUT2D eigenvalue weighted by atomic mass is 10.2. The van der Waals surface area contributed by atoms with E-state index in [-0.39, 0.29) is 16.5 Å². The molecule has 110 valence electrons. The van der Waals surface area contributed by atoms with Crippen LogP contribution in [0, 0.1) is 10.1 Å². The van der Waals surface area contributed by atoms with E-state index in [4.69, 9.17) is 17.3 Å². The summed E-state index contributed by atoms with van der Waals surface area (Å²) in [7, 11) is -1.34. The lowest BCUT2D eigenvalue weighted by Crippen LogP contribution is -1.99. The van der Waals surface area contributed by atoms with Crippen molar-refractivity contribution >= 4 is 49.7 Å². The van der Waals surface area contributed by atoms with Crippen LogP contribution in [0.1, 0.15) is 5.56 Å². The molecule has 0 aliphatic rings. The highest BCUT2D eigenvalue weighted by Crippen LogP contribution is 2.28. The van der Waals surface area contributed by atoms with Gasteiger partial charge in [-0.15, -0.1) is 0 Å². The molecule has 0 spiro atoms. The largest absolute Gasteiger partial charge is 0.399 e. The summed E-state index contributed by atoms with van der Waals surface area (Å²) in [5, 5.41) is 10.9. The molecule has 1 atom stereocenters. The number of halogens is 2. The van der Waals surface area contributed by atoms with E-state index in [1.165, 1.54) is 18.2 Å². The van der Waals surface area contributed by atoms with Gasteiger partial charge in [0, 0.05) is 22.3 Å². The summed E-state index contributed by atoms with van der Waals surface area (Å²) in [5.41, 5.74) is 6.69. The van der Waals surface area contributed by atoms with Crippen LogP contribution >= 0.6 is 27.5 Å². The highest BCUT2D eigenvalue weighted by molar-refractivity contribution is 9.10. The molecule has 0 aliphatic carbocycles. The van der Waals surface area contributed by atoms with Crippen molar-refractivity contribution in [1.29, 1.82) is 0 Å². The minimum Gasteiger partial charge on any atom is -0.399 e. The zero-order valence-electron chi connectivity index (χ0n) is 10.6. The van der Waals surface area contributed by atoms with Gasteiger partial charge in [0.15, 0.2) is 0 Å². The van der Waals surface area contributed by atoms with Crippen LogP contribution in [-0.4, -0.2) is 9.13 Å². The summed E-state index contributed by atoms with van der Waals surface area (Å²) in [5.74, 6) is 0.166. The maximum atomic E-state index is 12.4. The van der Waals surface area contributed by atoms with Crippen molar-refractivity contribution in [3.63, 3.8) is 0 Å². The van der Waals surface area contributed by atoms with Crippen LogP contribution in [0.25, 0.3) is 0 Å². The molecule has 1 unspecified atom stereocenters. The van der Waals surface area contributed by atoms with E-state index < -0.39 is 15.7 Å². The van der Waals surface area contributed by atoms with Crippen LogP contribution in [-0.2, 0) is 16.6 Å². The normalized spacial score (nSPS) is 12.1. The Morgan fingerprint density at radius 1 is 1.29 bits per heavy atom. The van der Waals surface area contributed by atoms with E-state index in [1.807, 2.05) is 0 Å². The molecule has 21 heavy (non-hydrogen) atoms. The number of hydrogen-bond acceptors (Lipinski definition) is 4. The molecule has 2 rings (SSSR count). The minimum absolute atomic E-state index is 0.0943. The summed E-state index contributed by atoms with van der Waals surface area (Å²) in [6.45, 7) is 0. The summed E-state index contributed by atoms with van der Waals surface area (Å²) in [6, 6.07) is 9.13. The Hall–Kier alpha value is -1.44. The van der Waals surface area contributed by atoms with Gasteiger partial charge in [-0.05, 0) is 45.8 Å².